The maximum Gasteiger partial charge on any atom is 0.330 e. The highest BCUT2D eigenvalue weighted by atomic mass is 31.2. The van der Waals surface area contributed by atoms with Gasteiger partial charge in [0.05, 0.1) is 41.6 Å². The SMILES string of the molecule is C=CCCn1cc([C@@H]2O[C@H](CCP(=C)(C)C)[C@@H](O)[C@H]2O)c(=O)[nH]c1=O.C=P(C)(C)CC[C@H]1O[C@@H](c2cn(CCC)c(=O)[nH]c2=O)[C@H](O)[C@@H]1O.C=P(C)(C)CC[C@H]1O[C@@H](n2cc(CC)c(=O)[nH]c2=O)[C@H](O)[C@@H]1O.C=P(C)(C)CC[C@H]1O[C@@H](n2cc(CCC)c(=O)[nH]c2=O)[C@H](O)[C@@H]1O.C=P(C)(C)CC[C@H]1O[C@@H](n2cc(CCCC)c(=O)[nH]c2=O)[C@H](O)[C@@H]1O. The van der Waals surface area contributed by atoms with Crippen LogP contribution in [0.4, 0.5) is 0 Å². The Morgan fingerprint density at radius 2 is 0.628 bits per heavy atom. The molecule has 10 rings (SSSR count). The second-order valence-electron chi connectivity index (χ2n) is 35.4. The van der Waals surface area contributed by atoms with Crippen LogP contribution in [0.2, 0.25) is 0 Å². The van der Waals surface area contributed by atoms with Gasteiger partial charge in [-0.2, -0.15) is 0 Å². The summed E-state index contributed by atoms with van der Waals surface area (Å²) >= 11 is 0. The molecule has 0 radical (unpaired) electrons. The van der Waals surface area contributed by atoms with Crippen LogP contribution in [-0.2, 0) is 56.0 Å². The molecular formula is C81H135N10O25P5. The fourth-order valence-electron chi connectivity index (χ4n) is 14.1. The quantitative estimate of drug-likeness (QED) is 0.0219. The average Bonchev–Trinajstić information content (AvgIpc) is 1.69. The molecular weight excluding hydrogens is 1670 g/mol. The summed E-state index contributed by atoms with van der Waals surface area (Å²) in [5.41, 5.74) is -3.79. The molecule has 40 heteroatoms. The van der Waals surface area contributed by atoms with E-state index in [0.29, 0.717) is 87.6 Å². The van der Waals surface area contributed by atoms with Gasteiger partial charge in [-0.1, -0.05) is 46.6 Å². The number of rotatable bonds is 31. The zero-order valence-electron chi connectivity index (χ0n) is 72.5. The van der Waals surface area contributed by atoms with Crippen molar-refractivity contribution in [3.63, 3.8) is 0 Å². The van der Waals surface area contributed by atoms with E-state index in [-0.39, 0.29) is 11.1 Å². The van der Waals surface area contributed by atoms with Crippen LogP contribution >= 0.6 is 34.4 Å². The maximum absolute atomic E-state index is 12.2. The van der Waals surface area contributed by atoms with Gasteiger partial charge in [-0.25, -0.2) is 24.0 Å². The van der Waals surface area contributed by atoms with Crippen LogP contribution in [0, 0.1) is 0 Å². The summed E-state index contributed by atoms with van der Waals surface area (Å²) in [6.45, 7) is 26.6. The minimum atomic E-state index is -1.29. The largest absolute Gasteiger partial charge is 0.388 e. The highest BCUT2D eigenvalue weighted by Crippen LogP contribution is 2.45. The smallest absolute Gasteiger partial charge is 0.330 e. The van der Waals surface area contributed by atoms with Gasteiger partial charge in [-0.3, -0.25) is 67.2 Å². The highest BCUT2D eigenvalue weighted by Gasteiger charge is 2.49. The van der Waals surface area contributed by atoms with E-state index < -0.39 is 213 Å². The lowest BCUT2D eigenvalue weighted by Crippen LogP contribution is -2.38. The molecule has 684 valence electrons. The Bertz CT molecular complexity index is 5060. The van der Waals surface area contributed by atoms with E-state index >= 15 is 0 Å². The second-order valence-corrected chi connectivity index (χ2v) is 56.9. The maximum atomic E-state index is 12.2. The second kappa shape index (κ2) is 45.0. The fourth-order valence-corrected chi connectivity index (χ4v) is 18.9. The van der Waals surface area contributed by atoms with Crippen molar-refractivity contribution in [1.82, 2.24) is 47.8 Å². The number of aryl methyl sites for hydroxylation is 5. The summed E-state index contributed by atoms with van der Waals surface area (Å²) in [7, 11) is 0. The number of aromatic nitrogens is 10. The summed E-state index contributed by atoms with van der Waals surface area (Å²) in [5, 5.41) is 103. The van der Waals surface area contributed by atoms with Gasteiger partial charge in [0.2, 0.25) is 0 Å². The fraction of sp³-hybridized carbons (Fsp3) is 0.667. The van der Waals surface area contributed by atoms with Crippen molar-refractivity contribution in [3.05, 3.63) is 176 Å². The normalized spacial score (nSPS) is 27.4. The van der Waals surface area contributed by atoms with Crippen LogP contribution in [-0.4, -0.2) is 319 Å². The Labute approximate surface area is 704 Å². The molecule has 5 aromatic heterocycles. The van der Waals surface area contributed by atoms with Crippen LogP contribution in [0.5, 0.6) is 0 Å². The monoisotopic (exact) mass is 1800 g/mol. The van der Waals surface area contributed by atoms with Gasteiger partial charge in [0.15, 0.2) is 18.7 Å². The van der Waals surface area contributed by atoms with Crippen molar-refractivity contribution in [2.45, 2.75) is 247 Å². The molecule has 121 heavy (non-hydrogen) atoms. The molecule has 5 saturated heterocycles. The van der Waals surface area contributed by atoms with Gasteiger partial charge >= 0.3 is 28.4 Å². The van der Waals surface area contributed by atoms with Crippen molar-refractivity contribution >= 4 is 65.9 Å². The molecule has 5 aliphatic heterocycles. The van der Waals surface area contributed by atoms with E-state index in [1.54, 1.807) is 13.0 Å². The number of unbranched alkanes of at least 4 members (excludes halogenated alkanes) is 1. The first-order valence-corrected chi connectivity index (χ1v) is 56.2. The topological polar surface area (TPSA) is 523 Å². The Morgan fingerprint density at radius 3 is 0.917 bits per heavy atom. The molecule has 35 nitrogen and oxygen atoms in total. The highest BCUT2D eigenvalue weighted by molar-refractivity contribution is 7.73. The molecule has 0 amide bonds. The molecule has 5 aliphatic rings. The molecule has 15 N–H and O–H groups in total. The van der Waals surface area contributed by atoms with Crippen molar-refractivity contribution < 1.29 is 74.7 Å². The summed E-state index contributed by atoms with van der Waals surface area (Å²) < 4.78 is 35.0. The van der Waals surface area contributed by atoms with E-state index in [4.69, 9.17) is 23.7 Å². The summed E-state index contributed by atoms with van der Waals surface area (Å²) in [6.07, 6.45) is 22.4. The van der Waals surface area contributed by atoms with Crippen LogP contribution in [0.15, 0.2) is 91.6 Å². The number of allylic oxidation sites excluding steroid dienone is 1. The third-order valence-corrected chi connectivity index (χ3v) is 28.6. The van der Waals surface area contributed by atoms with Crippen LogP contribution in [0.1, 0.15) is 151 Å². The van der Waals surface area contributed by atoms with Gasteiger partial charge in [0.25, 0.3) is 27.8 Å². The van der Waals surface area contributed by atoms with E-state index in [2.05, 4.69) is 130 Å². The Hall–Kier alpha value is -5.96. The van der Waals surface area contributed by atoms with Gasteiger partial charge in [-0.05, 0) is 168 Å². The summed E-state index contributed by atoms with van der Waals surface area (Å²) in [5.74, 6) is 0. The molecule has 5 fully saturated rings. The average molecular weight is 1800 g/mol. The third kappa shape index (κ3) is 29.6. The number of ether oxygens (including phenoxy) is 5. The number of nitrogens with one attached hydrogen (secondary N) is 5. The van der Waals surface area contributed by atoms with Gasteiger partial charge < -0.3 is 79.3 Å². The third-order valence-electron chi connectivity index (χ3n) is 21.2. The molecule has 0 bridgehead atoms. The van der Waals surface area contributed by atoms with E-state index in [0.717, 1.165) is 61.1 Å². The molecule has 0 spiro atoms. The number of H-pyrrole nitrogens is 5. The Kier molecular flexibility index (Phi) is 38.6. The molecule has 5 aromatic rings. The minimum absolute atomic E-state index is 0.140. The molecule has 10 heterocycles. The molecule has 0 aliphatic carbocycles. The van der Waals surface area contributed by atoms with E-state index in [1.807, 2.05) is 20.8 Å². The minimum Gasteiger partial charge on any atom is -0.388 e. The van der Waals surface area contributed by atoms with E-state index in [9.17, 15) is 99.0 Å². The van der Waals surface area contributed by atoms with Gasteiger partial charge in [0.1, 0.15) is 73.2 Å². The van der Waals surface area contributed by atoms with Crippen molar-refractivity contribution in [3.8, 4) is 0 Å². The zero-order valence-corrected chi connectivity index (χ0v) is 76.9. The molecule has 0 unspecified atom stereocenters. The first kappa shape index (κ1) is 104. The van der Waals surface area contributed by atoms with Crippen LogP contribution in [0.3, 0.4) is 0 Å². The first-order chi connectivity index (χ1) is 56.2. The predicted octanol–water partition coefficient (Wildman–Crippen LogP) is 1.20. The van der Waals surface area contributed by atoms with Crippen molar-refractivity contribution in [1.29, 1.82) is 0 Å². The lowest BCUT2D eigenvalue weighted by Gasteiger charge is -2.19. The number of hydrogen-bond donors (Lipinski definition) is 15. The lowest BCUT2D eigenvalue weighted by atomic mass is 10.0. The molecule has 20 atom stereocenters. The lowest BCUT2D eigenvalue weighted by molar-refractivity contribution is -0.0404. The Balaban J connectivity index is 0.000000234. The first-order valence-electron chi connectivity index (χ1n) is 40.9. The standard InChI is InChI=1S/C17H27N2O5P.C17H29N2O5P.2C16H27N2O5P.C15H25N2O5P/c1-5-6-8-19-10-11(16(22)18-17(19)23)15-14(21)13(20)12(24-15)7-9-25(2,3)4;1-5-6-7-11-10-19(17(23)18-15(11)22)16-14(21)13(20)12(24-16)8-9-25(2,3)4;1-5-7-18-9-10(15(21)17-16(18)22)14-13(20)12(19)11(23-14)6-8-24(2,3)4;1-5-6-10-9-18(16(22)17-14(10)21)15-13(20)12(19)11(23-15)7-8-24(2,3)4;1-5-9-8-17(15(21)16-13(9)20)14-12(19)11(18)10(22-14)6-7-23(2,3)4/h5,10,12-15,20-21H,1-2,6-9H2,3-4H3,(H,18,22,23);10,12-14,16,20-21H,2,5-9H2,1,3-4H3,(H,18,22,23);9,11-14,19-20H,2,5-8H2,1,3-4H3,(H,17,21,22);9,11-13,15,19-20H,2,5-8H2,1,3-4H3,(H,17,21,22);8,10-12,14,18-19H,2,5-7H2,1,3-4H3,(H,16,20,21)/t12-,13-,14-,15+;12-,13-,14-,16-;11-,12-,13-,14+;11-,12-,13-,15-;10-,11-,12-,14-/m11111/s1. The molecule has 0 aromatic carbocycles. The predicted molar refractivity (Wildman–Crippen MR) is 488 cm³/mol. The van der Waals surface area contributed by atoms with Crippen LogP contribution in [0.25, 0.3) is 0 Å². The summed E-state index contributed by atoms with van der Waals surface area (Å²) in [6, 6.07) is 0. The molecule has 0 saturated carbocycles. The number of aliphatic hydroxyl groups is 10. The van der Waals surface area contributed by atoms with Crippen LogP contribution < -0.4 is 56.2 Å². The number of nitrogens with zero attached hydrogens (tertiary/aromatic N) is 5. The Morgan fingerprint density at radius 1 is 0.347 bits per heavy atom. The summed E-state index contributed by atoms with van der Waals surface area (Å²) in [4.78, 5) is 131. The number of aromatic amines is 5. The number of aliphatic hydroxyl groups excluding tert-OH is 10. The van der Waals surface area contributed by atoms with Gasteiger partial charge in [0, 0.05) is 60.8 Å². The van der Waals surface area contributed by atoms with Gasteiger partial charge in [-0.15, -0.1) is 72.5 Å². The van der Waals surface area contributed by atoms with Crippen molar-refractivity contribution in [2.24, 2.45) is 0 Å². The van der Waals surface area contributed by atoms with E-state index in [1.165, 1.54) is 49.3 Å². The number of hydrogen-bond acceptors (Lipinski definition) is 25. The zero-order chi connectivity index (χ0) is 91.0. The van der Waals surface area contributed by atoms with Crippen molar-refractivity contribution in [2.75, 3.05) is 97.5 Å².